The second-order valence-electron chi connectivity index (χ2n) is 4.85. The Labute approximate surface area is 101 Å². The van der Waals surface area contributed by atoms with Crippen LogP contribution in [0.15, 0.2) is 12.4 Å². The first-order valence-electron chi connectivity index (χ1n) is 6.15. The average molecular weight is 236 g/mol. The fourth-order valence-electron chi connectivity index (χ4n) is 2.45. The second-order valence-corrected chi connectivity index (χ2v) is 4.85. The molecule has 17 heavy (non-hydrogen) atoms. The van der Waals surface area contributed by atoms with Gasteiger partial charge in [-0.05, 0) is 19.3 Å². The summed E-state index contributed by atoms with van der Waals surface area (Å²) in [6.45, 7) is 0.539. The van der Waals surface area contributed by atoms with Gasteiger partial charge in [0.1, 0.15) is 5.82 Å². The lowest BCUT2D eigenvalue weighted by Crippen LogP contribution is -2.38. The molecule has 0 aliphatic heterocycles. The minimum atomic E-state index is 0.0960. The van der Waals surface area contributed by atoms with E-state index < -0.39 is 0 Å². The normalized spacial score (nSPS) is 24.6. The van der Waals surface area contributed by atoms with Crippen molar-refractivity contribution in [2.75, 3.05) is 7.05 Å². The average Bonchev–Trinajstić information content (AvgIpc) is 2.80. The Morgan fingerprint density at radius 3 is 3.12 bits per heavy atom. The Kier molecular flexibility index (Phi) is 3.78. The molecule has 0 spiro atoms. The van der Waals surface area contributed by atoms with Crippen molar-refractivity contribution in [2.24, 2.45) is 11.7 Å². The molecule has 0 aromatic carbocycles. The summed E-state index contributed by atoms with van der Waals surface area (Å²) in [6, 6.07) is 0.190. The third kappa shape index (κ3) is 3.06. The molecule has 2 atom stereocenters. The van der Waals surface area contributed by atoms with Gasteiger partial charge in [-0.25, -0.2) is 4.98 Å². The number of hydrogen-bond donors (Lipinski definition) is 2. The Morgan fingerprint density at radius 2 is 2.47 bits per heavy atom. The number of nitrogens with one attached hydrogen (secondary N) is 1. The molecule has 1 aromatic rings. The Morgan fingerprint density at radius 1 is 1.65 bits per heavy atom. The van der Waals surface area contributed by atoms with Gasteiger partial charge in [-0.15, -0.1) is 0 Å². The van der Waals surface area contributed by atoms with Gasteiger partial charge in [0, 0.05) is 31.4 Å². The van der Waals surface area contributed by atoms with Gasteiger partial charge in [0.15, 0.2) is 0 Å². The summed E-state index contributed by atoms with van der Waals surface area (Å²) in [6.07, 6.45) is 7.36. The lowest BCUT2D eigenvalue weighted by atomic mass is 9.85. The highest BCUT2D eigenvalue weighted by atomic mass is 16.2. The molecule has 1 saturated carbocycles. The lowest BCUT2D eigenvalue weighted by molar-refractivity contribution is -0.136. The van der Waals surface area contributed by atoms with Crippen LogP contribution in [0.4, 0.5) is 0 Å². The predicted molar refractivity (Wildman–Crippen MR) is 65.0 cm³/mol. The maximum atomic E-state index is 12.2. The molecule has 1 fully saturated rings. The molecule has 3 N–H and O–H groups in total. The van der Waals surface area contributed by atoms with Crippen molar-refractivity contribution in [1.29, 1.82) is 0 Å². The highest BCUT2D eigenvalue weighted by Gasteiger charge is 2.27. The zero-order chi connectivity index (χ0) is 12.3. The zero-order valence-corrected chi connectivity index (χ0v) is 10.2. The van der Waals surface area contributed by atoms with Gasteiger partial charge >= 0.3 is 0 Å². The summed E-state index contributed by atoms with van der Waals surface area (Å²) in [5.41, 5.74) is 5.91. The Bertz CT molecular complexity index is 363. The summed E-state index contributed by atoms with van der Waals surface area (Å²) in [7, 11) is 1.82. The van der Waals surface area contributed by atoms with Crippen LogP contribution in [-0.2, 0) is 11.3 Å². The monoisotopic (exact) mass is 236 g/mol. The van der Waals surface area contributed by atoms with Crippen molar-refractivity contribution in [3.8, 4) is 0 Å². The molecule has 1 amide bonds. The van der Waals surface area contributed by atoms with Gasteiger partial charge in [-0.1, -0.05) is 6.42 Å². The Balaban J connectivity index is 1.90. The van der Waals surface area contributed by atoms with Crippen LogP contribution < -0.4 is 5.73 Å². The van der Waals surface area contributed by atoms with E-state index in [4.69, 9.17) is 5.73 Å². The molecular weight excluding hydrogens is 216 g/mol. The van der Waals surface area contributed by atoms with Crippen molar-refractivity contribution in [3.63, 3.8) is 0 Å². The number of rotatable bonds is 3. The van der Waals surface area contributed by atoms with E-state index >= 15 is 0 Å². The summed E-state index contributed by atoms with van der Waals surface area (Å²) >= 11 is 0. The number of hydrogen-bond acceptors (Lipinski definition) is 3. The number of H-pyrrole nitrogens is 1. The fourth-order valence-corrected chi connectivity index (χ4v) is 2.45. The van der Waals surface area contributed by atoms with E-state index in [1.165, 1.54) is 0 Å². The van der Waals surface area contributed by atoms with Crippen LogP contribution in [0.1, 0.15) is 31.5 Å². The van der Waals surface area contributed by atoms with E-state index in [-0.39, 0.29) is 17.9 Å². The summed E-state index contributed by atoms with van der Waals surface area (Å²) in [5.74, 6) is 1.11. The van der Waals surface area contributed by atoms with Crippen molar-refractivity contribution >= 4 is 5.91 Å². The van der Waals surface area contributed by atoms with Crippen LogP contribution >= 0.6 is 0 Å². The SMILES string of the molecule is CN(Cc1ncc[nH]1)C(=O)C1CCCC(N)C1. The number of amides is 1. The van der Waals surface area contributed by atoms with Crippen molar-refractivity contribution in [3.05, 3.63) is 18.2 Å². The molecule has 94 valence electrons. The molecule has 0 saturated heterocycles. The first-order chi connectivity index (χ1) is 8.16. The third-order valence-corrected chi connectivity index (χ3v) is 3.38. The maximum Gasteiger partial charge on any atom is 0.225 e. The quantitative estimate of drug-likeness (QED) is 0.818. The number of imidazole rings is 1. The third-order valence-electron chi connectivity index (χ3n) is 3.38. The smallest absolute Gasteiger partial charge is 0.225 e. The summed E-state index contributed by atoms with van der Waals surface area (Å²) in [4.78, 5) is 21.1. The minimum absolute atomic E-state index is 0.0960. The molecule has 5 nitrogen and oxygen atoms in total. The molecular formula is C12H20N4O. The van der Waals surface area contributed by atoms with E-state index in [1.807, 2.05) is 7.05 Å². The molecule has 1 aromatic heterocycles. The van der Waals surface area contributed by atoms with E-state index in [9.17, 15) is 4.79 Å². The van der Waals surface area contributed by atoms with E-state index in [0.717, 1.165) is 31.5 Å². The van der Waals surface area contributed by atoms with Crippen molar-refractivity contribution in [1.82, 2.24) is 14.9 Å². The van der Waals surface area contributed by atoms with Gasteiger partial charge in [0.05, 0.1) is 6.54 Å². The molecule has 1 aliphatic rings. The molecule has 1 aliphatic carbocycles. The lowest BCUT2D eigenvalue weighted by Gasteiger charge is -2.29. The number of aromatic amines is 1. The molecule has 2 unspecified atom stereocenters. The van der Waals surface area contributed by atoms with Crippen LogP contribution in [0.5, 0.6) is 0 Å². The van der Waals surface area contributed by atoms with Crippen LogP contribution in [0.3, 0.4) is 0 Å². The zero-order valence-electron chi connectivity index (χ0n) is 10.2. The maximum absolute atomic E-state index is 12.2. The Hall–Kier alpha value is -1.36. The molecule has 0 bridgehead atoms. The molecule has 2 rings (SSSR count). The fraction of sp³-hybridized carbons (Fsp3) is 0.667. The molecule has 1 heterocycles. The van der Waals surface area contributed by atoms with Gasteiger partial charge in [0.2, 0.25) is 5.91 Å². The standard InChI is InChI=1S/C12H20N4O/c1-16(8-11-14-5-6-15-11)12(17)9-3-2-4-10(13)7-9/h5-6,9-10H,2-4,7-8,13H2,1H3,(H,14,15). The van der Waals surface area contributed by atoms with Crippen LogP contribution in [0.25, 0.3) is 0 Å². The first-order valence-corrected chi connectivity index (χ1v) is 6.15. The van der Waals surface area contributed by atoms with Gasteiger partial charge in [-0.3, -0.25) is 4.79 Å². The van der Waals surface area contributed by atoms with E-state index in [1.54, 1.807) is 17.3 Å². The summed E-state index contributed by atoms with van der Waals surface area (Å²) < 4.78 is 0. The number of carbonyl (C=O) groups is 1. The second kappa shape index (κ2) is 5.31. The van der Waals surface area contributed by atoms with Crippen molar-refractivity contribution in [2.45, 2.75) is 38.3 Å². The van der Waals surface area contributed by atoms with E-state index in [0.29, 0.717) is 6.54 Å². The topological polar surface area (TPSA) is 75.0 Å². The number of nitrogens with two attached hydrogens (primary N) is 1. The van der Waals surface area contributed by atoms with Gasteiger partial charge in [0.25, 0.3) is 0 Å². The van der Waals surface area contributed by atoms with Crippen LogP contribution in [0.2, 0.25) is 0 Å². The highest BCUT2D eigenvalue weighted by Crippen LogP contribution is 2.24. The van der Waals surface area contributed by atoms with E-state index in [2.05, 4.69) is 9.97 Å². The first kappa shape index (κ1) is 12.1. The summed E-state index contributed by atoms with van der Waals surface area (Å²) in [5, 5.41) is 0. The predicted octanol–water partition coefficient (Wildman–Crippen LogP) is 0.886. The van der Waals surface area contributed by atoms with Crippen molar-refractivity contribution < 1.29 is 4.79 Å². The van der Waals surface area contributed by atoms with Gasteiger partial charge in [-0.2, -0.15) is 0 Å². The molecule has 0 radical (unpaired) electrons. The number of nitrogens with zero attached hydrogens (tertiary/aromatic N) is 2. The number of aromatic nitrogens is 2. The minimum Gasteiger partial charge on any atom is -0.347 e. The molecule has 5 heteroatoms. The highest BCUT2D eigenvalue weighted by molar-refractivity contribution is 5.78. The van der Waals surface area contributed by atoms with Crippen LogP contribution in [-0.4, -0.2) is 33.9 Å². The van der Waals surface area contributed by atoms with Crippen LogP contribution in [0, 0.1) is 5.92 Å². The number of carbonyl (C=O) groups excluding carboxylic acids is 1. The van der Waals surface area contributed by atoms with Gasteiger partial charge < -0.3 is 15.6 Å². The largest absolute Gasteiger partial charge is 0.347 e.